The predicted octanol–water partition coefficient (Wildman–Crippen LogP) is 6.66. The van der Waals surface area contributed by atoms with Crippen molar-refractivity contribution in [1.29, 1.82) is 0 Å². The van der Waals surface area contributed by atoms with Crippen LogP contribution in [0.25, 0.3) is 0 Å². The fraction of sp³-hybridized carbons (Fsp3) is 0.261. The van der Waals surface area contributed by atoms with Crippen molar-refractivity contribution in [2.24, 2.45) is 0 Å². The topological polar surface area (TPSA) is 78.1 Å². The summed E-state index contributed by atoms with van der Waals surface area (Å²) in [6.45, 7) is 16.2. The third-order valence-corrected chi connectivity index (χ3v) is 3.04. The molecule has 0 aromatic heterocycles. The summed E-state index contributed by atoms with van der Waals surface area (Å²) in [7, 11) is -10.7. The van der Waals surface area contributed by atoms with Crippen molar-refractivity contribution in [2.45, 2.75) is 39.3 Å². The van der Waals surface area contributed by atoms with Gasteiger partial charge in [0.25, 0.3) is 0 Å². The van der Waals surface area contributed by atoms with Crippen molar-refractivity contribution >= 4 is 18.3 Å². The molecular weight excluding hydrogens is 555 g/mol. The van der Waals surface area contributed by atoms with E-state index < -0.39 is 19.5 Å². The molecule has 0 saturated carbocycles. The van der Waals surface area contributed by atoms with Crippen LogP contribution < -0.4 is 5.32 Å². The second-order valence-corrected chi connectivity index (χ2v) is 9.71. The van der Waals surface area contributed by atoms with Crippen LogP contribution in [-0.2, 0) is 34.4 Å². The van der Waals surface area contributed by atoms with E-state index in [9.17, 15) is 30.0 Å². The molecule has 1 atom stereocenters. The standard InChI is InChI=1S/C16H19NO2.C5H5.2CO.F6P.Fe/c1-13(15(18)19-16(2,3)4)17-12-8-11-14-9-6-5-7-10-14;1-2-4-5-3-1;2*1-2;1-7(2,3,4,5)6;/h5-7,9-10,13,17H,1-4H3;1-5H;;;;/q;;;;-1;+1. The Hall–Kier alpha value is -2.43. The number of rotatable bonds is 3. The summed E-state index contributed by atoms with van der Waals surface area (Å²) in [5, 5.41) is 2.93. The Morgan fingerprint density at radius 3 is 1.72 bits per heavy atom. The summed E-state index contributed by atoms with van der Waals surface area (Å²) in [5.41, 5.74) is 0.407. The zero-order chi connectivity index (χ0) is 29.1. The quantitative estimate of drug-likeness (QED) is 0.0828. The Bertz CT molecular complexity index is 960. The van der Waals surface area contributed by atoms with Crippen LogP contribution in [0.4, 0.5) is 25.2 Å². The summed E-state index contributed by atoms with van der Waals surface area (Å²) >= 11 is 3.80. The summed E-state index contributed by atoms with van der Waals surface area (Å²) in [6, 6.07) is 9.12. The number of nitrogens with one attached hydrogen (secondary N) is 1. The van der Waals surface area contributed by atoms with Crippen LogP contribution in [-0.4, -0.2) is 22.2 Å². The van der Waals surface area contributed by atoms with Gasteiger partial charge in [-0.15, -0.1) is 0 Å². The SMILES string of the molecule is CC(N[C](=[Fe+])C#Cc1ccccc1)C(=O)OC(C)(C)C.F[P-](F)(F)(F)(F)F.[C-]#[O+].[C-]#[O+].[CH]1C=CC=C1. The largest absolute Gasteiger partial charge is 0.0767 e. The van der Waals surface area contributed by atoms with Crippen LogP contribution in [0.15, 0.2) is 54.6 Å². The van der Waals surface area contributed by atoms with Gasteiger partial charge in [0, 0.05) is 6.42 Å². The minimum absolute atomic E-state index is 0.319. The van der Waals surface area contributed by atoms with E-state index in [1.165, 1.54) is 0 Å². The van der Waals surface area contributed by atoms with Gasteiger partial charge in [-0.2, -0.15) is 0 Å². The first-order chi connectivity index (χ1) is 16.2. The van der Waals surface area contributed by atoms with Gasteiger partial charge in [-0.1, -0.05) is 24.3 Å². The van der Waals surface area contributed by atoms with E-state index in [4.69, 9.17) is 14.0 Å². The van der Waals surface area contributed by atoms with E-state index in [2.05, 4.69) is 46.0 Å². The minimum Gasteiger partial charge on any atom is -0.0767 e. The number of carbonyl (C=O) groups excluding carboxylic acids is 1. The van der Waals surface area contributed by atoms with E-state index in [1.807, 2.05) is 81.8 Å². The minimum atomic E-state index is -10.7. The Labute approximate surface area is 214 Å². The van der Waals surface area contributed by atoms with Crippen LogP contribution in [0.1, 0.15) is 33.3 Å². The molecule has 1 aromatic rings. The molecule has 1 radical (unpaired) electrons. The number of ether oxygens (including phenoxy) is 1. The third kappa shape index (κ3) is 36.1. The maximum Gasteiger partial charge on any atom is 0.00506 e. The van der Waals surface area contributed by atoms with Crippen LogP contribution in [0.5, 0.6) is 0 Å². The molecule has 1 aliphatic rings. The Balaban J connectivity index is -0.000000553. The van der Waals surface area contributed by atoms with Gasteiger partial charge in [0.15, 0.2) is 0 Å². The number of halogens is 6. The Kier molecular flexibility index (Phi) is 17.3. The summed E-state index contributed by atoms with van der Waals surface area (Å²) in [4.78, 5) is 11.8. The summed E-state index contributed by atoms with van der Waals surface area (Å²) in [5.74, 6) is 5.54. The Morgan fingerprint density at radius 2 is 1.39 bits per heavy atom. The van der Waals surface area contributed by atoms with Gasteiger partial charge in [-0.05, 0) is 0 Å². The molecule has 36 heavy (non-hydrogen) atoms. The smallest absolute Gasteiger partial charge is 0.00506 e. The molecule has 5 nitrogen and oxygen atoms in total. The van der Waals surface area contributed by atoms with Crippen molar-refractivity contribution in [2.75, 3.05) is 0 Å². The molecular formula is C23H24F6FeNO4P. The van der Waals surface area contributed by atoms with Gasteiger partial charge in [-0.3, -0.25) is 0 Å². The maximum absolute atomic E-state index is 11.8. The second-order valence-electron chi connectivity index (χ2n) is 7.24. The summed E-state index contributed by atoms with van der Waals surface area (Å²) < 4.78 is 80.0. The van der Waals surface area contributed by atoms with Crippen LogP contribution in [0.3, 0.4) is 0 Å². The van der Waals surface area contributed by atoms with Crippen molar-refractivity contribution in [3.8, 4) is 11.8 Å². The molecule has 13 heteroatoms. The fourth-order valence-electron chi connectivity index (χ4n) is 1.64. The van der Waals surface area contributed by atoms with Crippen LogP contribution >= 0.6 is 7.81 Å². The third-order valence-electron chi connectivity index (χ3n) is 2.74. The molecule has 0 amide bonds. The number of allylic oxidation sites excluding steroid dienone is 4. The number of esters is 1. The number of benzene rings is 1. The van der Waals surface area contributed by atoms with E-state index in [0.717, 1.165) is 5.56 Å². The van der Waals surface area contributed by atoms with Crippen LogP contribution in [0, 0.1) is 31.6 Å². The maximum atomic E-state index is 11.8. The fourth-order valence-corrected chi connectivity index (χ4v) is 1.95. The molecule has 0 bridgehead atoms. The zero-order valence-corrected chi connectivity index (χ0v) is 21.6. The predicted molar refractivity (Wildman–Crippen MR) is 121 cm³/mol. The van der Waals surface area contributed by atoms with E-state index in [-0.39, 0.29) is 5.97 Å². The zero-order valence-electron chi connectivity index (χ0n) is 19.6. The molecule has 0 spiro atoms. The first-order valence-corrected chi connectivity index (χ1v) is 12.0. The molecule has 0 aliphatic heterocycles. The monoisotopic (exact) mass is 579 g/mol. The average molecular weight is 579 g/mol. The van der Waals surface area contributed by atoms with Gasteiger partial charge < -0.3 is 0 Å². The van der Waals surface area contributed by atoms with Crippen molar-refractivity contribution in [1.82, 2.24) is 5.32 Å². The van der Waals surface area contributed by atoms with Crippen LogP contribution in [0.2, 0.25) is 0 Å². The van der Waals surface area contributed by atoms with E-state index >= 15 is 0 Å². The van der Waals surface area contributed by atoms with Crippen molar-refractivity contribution in [3.05, 3.63) is 79.9 Å². The molecule has 200 valence electrons. The molecule has 1 aromatic carbocycles. The van der Waals surface area contributed by atoms with Gasteiger partial charge in [0.05, 0.1) is 0 Å². The van der Waals surface area contributed by atoms with Crippen molar-refractivity contribution < 1.29 is 59.6 Å². The van der Waals surface area contributed by atoms with Gasteiger partial charge >= 0.3 is 184 Å². The second kappa shape index (κ2) is 16.3. The molecule has 0 heterocycles. The van der Waals surface area contributed by atoms with Crippen molar-refractivity contribution in [3.63, 3.8) is 0 Å². The molecule has 1 N–H and O–H groups in total. The first-order valence-electron chi connectivity index (χ1n) is 9.44. The number of carbonyl (C=O) groups is 1. The van der Waals surface area contributed by atoms with Gasteiger partial charge in [0.2, 0.25) is 0 Å². The molecule has 0 saturated heterocycles. The molecule has 2 rings (SSSR count). The number of hydrogen-bond donors (Lipinski definition) is 1. The first kappa shape index (κ1) is 38.1. The summed E-state index contributed by atoms with van der Waals surface area (Å²) in [6.07, 6.45) is 10.0. The van der Waals surface area contributed by atoms with Gasteiger partial charge in [-0.25, -0.2) is 0 Å². The molecule has 0 fully saturated rings. The Morgan fingerprint density at radius 1 is 0.972 bits per heavy atom. The molecule has 1 unspecified atom stereocenters. The van der Waals surface area contributed by atoms with Gasteiger partial charge in [0.1, 0.15) is 0 Å². The van der Waals surface area contributed by atoms with E-state index in [0.29, 0.717) is 4.54 Å². The van der Waals surface area contributed by atoms with E-state index in [1.54, 1.807) is 6.92 Å². The number of hydrogen-bond acceptors (Lipinski definition) is 3. The average Bonchev–Trinajstić information content (AvgIpc) is 3.33. The normalized spacial score (nSPS) is 13.7. The molecule has 1 aliphatic carbocycles.